The van der Waals surface area contributed by atoms with E-state index in [9.17, 15) is 18.0 Å². The number of sulfonamides is 1. The van der Waals surface area contributed by atoms with Crippen LogP contribution in [0.25, 0.3) is 0 Å². The molecule has 0 heterocycles. The number of hydrogen-bond donors (Lipinski definition) is 3. The average molecular weight is 422 g/mol. The van der Waals surface area contributed by atoms with Crippen molar-refractivity contribution in [3.8, 4) is 0 Å². The summed E-state index contributed by atoms with van der Waals surface area (Å²) in [5, 5.41) is 0. The molecule has 150 valence electrons. The van der Waals surface area contributed by atoms with Crippen LogP contribution in [-0.2, 0) is 14.8 Å². The van der Waals surface area contributed by atoms with Gasteiger partial charge in [0.25, 0.3) is 5.91 Å². The van der Waals surface area contributed by atoms with Crippen LogP contribution in [0.3, 0.4) is 0 Å². The van der Waals surface area contributed by atoms with Crippen LogP contribution in [0.5, 0.6) is 0 Å². The molecule has 0 bridgehead atoms. The fraction of sp³-hybridized carbons (Fsp3) is 0.263. The van der Waals surface area contributed by atoms with E-state index in [-0.39, 0.29) is 28.2 Å². The fourth-order valence-corrected chi connectivity index (χ4v) is 4.13. The topological polar surface area (TPSA) is 104 Å². The molecule has 0 aliphatic carbocycles. The lowest BCUT2D eigenvalue weighted by Crippen LogP contribution is -2.42. The maximum absolute atomic E-state index is 12.1. The molecule has 3 N–H and O–H groups in total. The van der Waals surface area contributed by atoms with Gasteiger partial charge in [-0.3, -0.25) is 20.4 Å². The summed E-state index contributed by atoms with van der Waals surface area (Å²) in [4.78, 5) is 25.0. The molecule has 2 aromatic rings. The molecule has 2 aromatic carbocycles. The minimum absolute atomic E-state index is 0.0660. The molecule has 2 amide bonds. The van der Waals surface area contributed by atoms with Gasteiger partial charge in [0.1, 0.15) is 0 Å². The number of thioether (sulfide) groups is 1. The van der Waals surface area contributed by atoms with Gasteiger partial charge in [-0.25, -0.2) is 13.1 Å². The monoisotopic (exact) mass is 421 g/mol. The van der Waals surface area contributed by atoms with Gasteiger partial charge in [0.05, 0.1) is 10.6 Å². The number of hydrazine groups is 1. The third-order valence-corrected chi connectivity index (χ3v) is 6.21. The van der Waals surface area contributed by atoms with Gasteiger partial charge in [-0.2, -0.15) is 0 Å². The number of hydrogen-bond acceptors (Lipinski definition) is 5. The Kier molecular flexibility index (Phi) is 7.61. The first-order valence-electron chi connectivity index (χ1n) is 8.58. The van der Waals surface area contributed by atoms with E-state index in [0.717, 1.165) is 10.5 Å². The third kappa shape index (κ3) is 6.66. The van der Waals surface area contributed by atoms with Crippen molar-refractivity contribution >= 4 is 33.6 Å². The van der Waals surface area contributed by atoms with Crippen molar-refractivity contribution in [1.29, 1.82) is 0 Å². The SMILES string of the molecule is Cc1ccc(SCC(=O)NNC(=O)c2ccc(S(=O)(=O)NC(C)C)cc2)cc1. The lowest BCUT2D eigenvalue weighted by atomic mass is 10.2. The molecule has 0 aromatic heterocycles. The normalized spacial score (nSPS) is 11.3. The molecule has 9 heteroatoms. The van der Waals surface area contributed by atoms with Crippen LogP contribution in [0.2, 0.25) is 0 Å². The Bertz CT molecular complexity index is 925. The van der Waals surface area contributed by atoms with E-state index in [1.807, 2.05) is 31.2 Å². The largest absolute Gasteiger partial charge is 0.272 e. The third-order valence-electron chi connectivity index (χ3n) is 3.52. The van der Waals surface area contributed by atoms with E-state index < -0.39 is 15.9 Å². The molecular formula is C19H23N3O4S2. The summed E-state index contributed by atoms with van der Waals surface area (Å²) in [6, 6.07) is 13.0. The summed E-state index contributed by atoms with van der Waals surface area (Å²) in [5.41, 5.74) is 6.03. The van der Waals surface area contributed by atoms with Crippen molar-refractivity contribution in [3.63, 3.8) is 0 Å². The summed E-state index contributed by atoms with van der Waals surface area (Å²) < 4.78 is 26.6. The first kappa shape index (κ1) is 21.9. The molecule has 0 unspecified atom stereocenters. The zero-order valence-corrected chi connectivity index (χ0v) is 17.5. The molecule has 28 heavy (non-hydrogen) atoms. The quantitative estimate of drug-likeness (QED) is 0.470. The Labute approximate surface area is 169 Å². The Morgan fingerprint density at radius 3 is 2.14 bits per heavy atom. The number of carbonyl (C=O) groups excluding carboxylic acids is 2. The van der Waals surface area contributed by atoms with Crippen molar-refractivity contribution in [3.05, 3.63) is 59.7 Å². The molecule has 0 spiro atoms. The smallest absolute Gasteiger partial charge is 0.269 e. The second kappa shape index (κ2) is 9.72. The van der Waals surface area contributed by atoms with Gasteiger partial charge in [0.15, 0.2) is 0 Å². The predicted molar refractivity (Wildman–Crippen MR) is 109 cm³/mol. The minimum atomic E-state index is -3.62. The Morgan fingerprint density at radius 2 is 1.57 bits per heavy atom. The molecule has 0 saturated carbocycles. The highest BCUT2D eigenvalue weighted by atomic mass is 32.2. The van der Waals surface area contributed by atoms with Gasteiger partial charge in [-0.1, -0.05) is 17.7 Å². The van der Waals surface area contributed by atoms with Gasteiger partial charge < -0.3 is 0 Å². The first-order valence-corrected chi connectivity index (χ1v) is 11.1. The summed E-state index contributed by atoms with van der Waals surface area (Å²) in [6.45, 7) is 5.43. The number of nitrogens with one attached hydrogen (secondary N) is 3. The Morgan fingerprint density at radius 1 is 0.964 bits per heavy atom. The standard InChI is InChI=1S/C19H23N3O4S2/c1-13(2)22-28(25,26)17-10-6-15(7-11-17)19(24)21-20-18(23)12-27-16-8-4-14(3)5-9-16/h4-11,13,22H,12H2,1-3H3,(H,20,23)(H,21,24). The van der Waals surface area contributed by atoms with Crippen LogP contribution >= 0.6 is 11.8 Å². The summed E-state index contributed by atoms with van der Waals surface area (Å²) >= 11 is 1.36. The van der Waals surface area contributed by atoms with Crippen molar-refractivity contribution in [2.24, 2.45) is 0 Å². The van der Waals surface area contributed by atoms with Crippen LogP contribution < -0.4 is 15.6 Å². The van der Waals surface area contributed by atoms with Gasteiger partial charge in [0, 0.05) is 16.5 Å². The van der Waals surface area contributed by atoms with Gasteiger partial charge in [-0.05, 0) is 57.2 Å². The zero-order valence-electron chi connectivity index (χ0n) is 15.9. The van der Waals surface area contributed by atoms with E-state index >= 15 is 0 Å². The fourth-order valence-electron chi connectivity index (χ4n) is 2.18. The van der Waals surface area contributed by atoms with E-state index in [0.29, 0.717) is 0 Å². The van der Waals surface area contributed by atoms with E-state index in [2.05, 4.69) is 15.6 Å². The maximum atomic E-state index is 12.1. The highest BCUT2D eigenvalue weighted by Crippen LogP contribution is 2.17. The highest BCUT2D eigenvalue weighted by Gasteiger charge is 2.16. The molecule has 0 aliphatic heterocycles. The van der Waals surface area contributed by atoms with Gasteiger partial charge in [0.2, 0.25) is 15.9 Å². The lowest BCUT2D eigenvalue weighted by molar-refractivity contribution is -0.119. The van der Waals surface area contributed by atoms with E-state index in [1.54, 1.807) is 13.8 Å². The Hall–Kier alpha value is -2.36. The molecule has 0 saturated heterocycles. The molecular weight excluding hydrogens is 398 g/mol. The van der Waals surface area contributed by atoms with Gasteiger partial charge in [-0.15, -0.1) is 11.8 Å². The highest BCUT2D eigenvalue weighted by molar-refractivity contribution is 8.00. The molecule has 7 nitrogen and oxygen atoms in total. The zero-order chi connectivity index (χ0) is 20.7. The van der Waals surface area contributed by atoms with Crippen molar-refractivity contribution in [2.75, 3.05) is 5.75 Å². The maximum Gasteiger partial charge on any atom is 0.269 e. The minimum Gasteiger partial charge on any atom is -0.272 e. The van der Waals surface area contributed by atoms with Crippen LogP contribution in [-0.4, -0.2) is 32.0 Å². The number of aryl methyl sites for hydroxylation is 1. The molecule has 0 aliphatic rings. The molecule has 0 fully saturated rings. The second-order valence-electron chi connectivity index (χ2n) is 6.40. The van der Waals surface area contributed by atoms with Gasteiger partial charge >= 0.3 is 0 Å². The van der Waals surface area contributed by atoms with E-state index in [1.165, 1.54) is 36.0 Å². The number of benzene rings is 2. The predicted octanol–water partition coefficient (Wildman–Crippen LogP) is 2.24. The first-order chi connectivity index (χ1) is 13.2. The lowest BCUT2D eigenvalue weighted by Gasteiger charge is -2.10. The van der Waals surface area contributed by atoms with Crippen LogP contribution in [0.1, 0.15) is 29.8 Å². The summed E-state index contributed by atoms with van der Waals surface area (Å²) in [6.07, 6.45) is 0. The summed E-state index contributed by atoms with van der Waals surface area (Å²) in [5.74, 6) is -0.727. The molecule has 2 rings (SSSR count). The van der Waals surface area contributed by atoms with Crippen molar-refractivity contribution in [2.45, 2.75) is 36.6 Å². The molecule has 0 atom stereocenters. The van der Waals surface area contributed by atoms with Crippen molar-refractivity contribution in [1.82, 2.24) is 15.6 Å². The number of amides is 2. The van der Waals surface area contributed by atoms with Crippen LogP contribution in [0, 0.1) is 6.92 Å². The number of rotatable bonds is 7. The van der Waals surface area contributed by atoms with Crippen LogP contribution in [0.4, 0.5) is 0 Å². The molecule has 0 radical (unpaired) electrons. The van der Waals surface area contributed by atoms with Crippen LogP contribution in [0.15, 0.2) is 58.3 Å². The van der Waals surface area contributed by atoms with E-state index in [4.69, 9.17) is 0 Å². The van der Waals surface area contributed by atoms with Crippen molar-refractivity contribution < 1.29 is 18.0 Å². The number of carbonyl (C=O) groups is 2. The summed E-state index contributed by atoms with van der Waals surface area (Å²) in [7, 11) is -3.62. The second-order valence-corrected chi connectivity index (χ2v) is 9.17. The Balaban J connectivity index is 1.85. The average Bonchev–Trinajstić information content (AvgIpc) is 2.64.